The van der Waals surface area contributed by atoms with Crippen molar-refractivity contribution in [1.29, 1.82) is 0 Å². The molecule has 3 aromatic carbocycles. The van der Waals surface area contributed by atoms with E-state index in [1.807, 2.05) is 0 Å². The van der Waals surface area contributed by atoms with Gasteiger partial charge in [0.25, 0.3) is 11.8 Å². The summed E-state index contributed by atoms with van der Waals surface area (Å²) in [4.78, 5) is 51.8. The molecule has 1 saturated carbocycles. The van der Waals surface area contributed by atoms with Gasteiger partial charge in [-0.3, -0.25) is 24.1 Å². The Balaban J connectivity index is 1.36. The van der Waals surface area contributed by atoms with Gasteiger partial charge in [0.2, 0.25) is 17.6 Å². The Hall–Kier alpha value is -4.69. The molecule has 0 radical (unpaired) electrons. The lowest BCUT2D eigenvalue weighted by molar-refractivity contribution is -0.140. The normalized spacial score (nSPS) is 28.5. The van der Waals surface area contributed by atoms with E-state index < -0.39 is 104 Å². The van der Waals surface area contributed by atoms with E-state index in [1.165, 1.54) is 31.4 Å². The van der Waals surface area contributed by atoms with Crippen molar-refractivity contribution in [3.8, 4) is 17.2 Å². The molecule has 0 spiro atoms. The minimum absolute atomic E-state index is 0.0118. The first-order valence-corrected chi connectivity index (χ1v) is 16.3. The van der Waals surface area contributed by atoms with E-state index in [0.717, 1.165) is 11.0 Å². The van der Waals surface area contributed by atoms with Crippen LogP contribution in [0.15, 0.2) is 54.1 Å². The lowest BCUT2D eigenvalue weighted by Gasteiger charge is -2.50. The van der Waals surface area contributed by atoms with E-state index >= 15 is 8.78 Å². The van der Waals surface area contributed by atoms with Crippen LogP contribution in [-0.4, -0.2) is 62.1 Å². The predicted molar refractivity (Wildman–Crippen MR) is 170 cm³/mol. The molecule has 9 nitrogen and oxygen atoms in total. The molecule has 16 heteroatoms. The highest BCUT2D eigenvalue weighted by Gasteiger charge is 2.77. The SMILES string of the molecule is COc1ccc(C2C3=CCC4C(=O)N(CCc5ccc(O)cc5)C(=O)C4C3CC3(Cl)C(=O)N(c4c(F)c(F)c(F)c(F)c4F)C(=O)C23Cl)cc1O. The summed E-state index contributed by atoms with van der Waals surface area (Å²) in [5.74, 6) is -21.8. The number of carbonyl (C=O) groups excluding carboxylic acids is 4. The number of aromatic hydroxyl groups is 2. The summed E-state index contributed by atoms with van der Waals surface area (Å²) in [5, 5.41) is 20.3. The molecule has 6 atom stereocenters. The Bertz CT molecular complexity index is 2070. The number of carbonyl (C=O) groups is 4. The van der Waals surface area contributed by atoms with E-state index in [4.69, 9.17) is 27.9 Å². The summed E-state index contributed by atoms with van der Waals surface area (Å²) < 4.78 is 78.4. The number of anilines is 1. The third-order valence-corrected chi connectivity index (χ3v) is 11.8. The van der Waals surface area contributed by atoms with Gasteiger partial charge in [0, 0.05) is 12.5 Å². The van der Waals surface area contributed by atoms with Crippen molar-refractivity contribution in [3.63, 3.8) is 0 Å². The van der Waals surface area contributed by atoms with Gasteiger partial charge in [-0.25, -0.2) is 26.9 Å². The summed E-state index contributed by atoms with van der Waals surface area (Å²) in [5.41, 5.74) is -0.887. The first kappa shape index (κ1) is 34.7. The van der Waals surface area contributed by atoms with Gasteiger partial charge in [-0.1, -0.05) is 29.8 Å². The lowest BCUT2D eigenvalue weighted by Crippen LogP contribution is -2.60. The van der Waals surface area contributed by atoms with Crippen molar-refractivity contribution < 1.29 is 56.1 Å². The molecule has 3 fully saturated rings. The van der Waals surface area contributed by atoms with Crippen molar-refractivity contribution in [1.82, 2.24) is 4.90 Å². The monoisotopic (exact) mass is 750 g/mol. The van der Waals surface area contributed by atoms with Crippen LogP contribution in [0.3, 0.4) is 0 Å². The highest BCUT2D eigenvalue weighted by atomic mass is 35.5. The summed E-state index contributed by atoms with van der Waals surface area (Å²) in [6.45, 7) is -0.0375. The number of rotatable bonds is 6. The zero-order valence-corrected chi connectivity index (χ0v) is 27.7. The highest BCUT2D eigenvalue weighted by Crippen LogP contribution is 2.66. The lowest BCUT2D eigenvalue weighted by atomic mass is 9.56. The van der Waals surface area contributed by atoms with Crippen LogP contribution in [0.2, 0.25) is 0 Å². The second-order valence-electron chi connectivity index (χ2n) is 12.9. The van der Waals surface area contributed by atoms with Crippen LogP contribution in [0.4, 0.5) is 27.6 Å². The number of alkyl halides is 2. The number of likely N-dealkylation sites (tertiary alicyclic amines) is 1. The van der Waals surface area contributed by atoms with Crippen LogP contribution in [0.5, 0.6) is 17.2 Å². The van der Waals surface area contributed by atoms with Crippen molar-refractivity contribution in [2.75, 3.05) is 18.6 Å². The number of halogens is 7. The summed E-state index contributed by atoms with van der Waals surface area (Å²) in [6.07, 6.45) is 1.13. The number of phenolic OH excluding ortho intramolecular Hbond substituents is 2. The van der Waals surface area contributed by atoms with Crippen LogP contribution >= 0.6 is 23.2 Å². The van der Waals surface area contributed by atoms with Crippen LogP contribution in [0, 0.1) is 46.8 Å². The quantitative estimate of drug-likeness (QED) is 0.0839. The zero-order chi connectivity index (χ0) is 36.9. The number of phenols is 2. The third-order valence-electron chi connectivity index (χ3n) is 10.4. The van der Waals surface area contributed by atoms with Crippen LogP contribution in [-0.2, 0) is 25.6 Å². The fourth-order valence-electron chi connectivity index (χ4n) is 8.02. The minimum atomic E-state index is -2.72. The maximum Gasteiger partial charge on any atom is 0.258 e. The summed E-state index contributed by atoms with van der Waals surface area (Å²) in [6, 6.07) is 9.96. The van der Waals surface area contributed by atoms with Gasteiger partial charge in [-0.05, 0) is 60.6 Å². The molecule has 0 aromatic heterocycles. The molecule has 2 aliphatic heterocycles. The fraction of sp³-hybridized carbons (Fsp3) is 0.314. The second-order valence-corrected chi connectivity index (χ2v) is 14.1. The molecule has 2 N–H and O–H groups in total. The predicted octanol–water partition coefficient (Wildman–Crippen LogP) is 5.61. The number of methoxy groups -OCH3 is 1. The fourth-order valence-corrected chi connectivity index (χ4v) is 8.95. The number of allylic oxidation sites excluding steroid dienone is 2. The first-order valence-electron chi connectivity index (χ1n) is 15.6. The van der Waals surface area contributed by atoms with Crippen LogP contribution in [0.1, 0.15) is 29.9 Å². The Labute approximate surface area is 295 Å². The molecule has 4 aliphatic rings. The second kappa shape index (κ2) is 11.9. The van der Waals surface area contributed by atoms with Gasteiger partial charge in [-0.15, -0.1) is 23.2 Å². The van der Waals surface area contributed by atoms with Gasteiger partial charge in [0.1, 0.15) is 11.4 Å². The van der Waals surface area contributed by atoms with E-state index in [-0.39, 0.29) is 46.9 Å². The van der Waals surface area contributed by atoms with Crippen molar-refractivity contribution in [2.45, 2.75) is 34.9 Å². The molecule has 2 saturated heterocycles. The Morgan fingerprint density at radius 3 is 2.08 bits per heavy atom. The average molecular weight is 751 g/mol. The van der Waals surface area contributed by atoms with Gasteiger partial charge in [-0.2, -0.15) is 0 Å². The third kappa shape index (κ3) is 4.71. The van der Waals surface area contributed by atoms with Gasteiger partial charge < -0.3 is 14.9 Å². The largest absolute Gasteiger partial charge is 0.508 e. The highest BCUT2D eigenvalue weighted by molar-refractivity contribution is 6.58. The topological polar surface area (TPSA) is 124 Å². The average Bonchev–Trinajstić information content (AvgIpc) is 3.43. The smallest absolute Gasteiger partial charge is 0.258 e. The number of hydrogen-bond donors (Lipinski definition) is 2. The Kier molecular flexibility index (Phi) is 8.14. The maximum absolute atomic E-state index is 15.2. The number of hydrogen-bond acceptors (Lipinski definition) is 7. The molecule has 0 bridgehead atoms. The molecule has 3 aromatic rings. The standard InChI is InChI=1S/C35H25Cl2F5N2O7/c1-51-21-9-4-15(12-20(21)46)23-17-7-8-18-22(31(48)43(30(18)47)11-10-14-2-5-16(45)6-3-14)19(17)13-34(36)32(49)44(33(50)35(23,34)37)29-27(41)25(39)24(38)26(40)28(29)42/h2-7,9,12,18-19,22-23,45-46H,8,10-11,13H2,1H3. The number of nitrogens with zero attached hydrogens (tertiary/aromatic N) is 2. The number of amides is 4. The molecular weight excluding hydrogens is 726 g/mol. The Morgan fingerprint density at radius 2 is 1.47 bits per heavy atom. The number of benzene rings is 3. The molecule has 7 rings (SSSR count). The minimum Gasteiger partial charge on any atom is -0.508 e. The molecular formula is C35H25Cl2F5N2O7. The first-order chi connectivity index (χ1) is 24.1. The van der Waals surface area contributed by atoms with E-state index in [0.29, 0.717) is 5.56 Å². The molecule has 2 heterocycles. The molecule has 51 heavy (non-hydrogen) atoms. The summed E-state index contributed by atoms with van der Waals surface area (Å²) in [7, 11) is 1.26. The van der Waals surface area contributed by atoms with E-state index in [1.54, 1.807) is 18.2 Å². The van der Waals surface area contributed by atoms with Crippen LogP contribution < -0.4 is 9.64 Å². The Morgan fingerprint density at radius 1 is 0.843 bits per heavy atom. The molecule has 4 amide bonds. The maximum atomic E-state index is 15.2. The van der Waals surface area contributed by atoms with Crippen molar-refractivity contribution in [3.05, 3.63) is 94.3 Å². The van der Waals surface area contributed by atoms with Crippen molar-refractivity contribution in [2.24, 2.45) is 17.8 Å². The van der Waals surface area contributed by atoms with Crippen LogP contribution in [0.25, 0.3) is 0 Å². The number of fused-ring (bicyclic) bond motifs is 4. The molecule has 2 aliphatic carbocycles. The van der Waals surface area contributed by atoms with Gasteiger partial charge in [0.05, 0.1) is 18.9 Å². The molecule has 266 valence electrons. The van der Waals surface area contributed by atoms with Crippen molar-refractivity contribution >= 4 is 52.5 Å². The van der Waals surface area contributed by atoms with Gasteiger partial charge in [0.15, 0.2) is 44.5 Å². The number of imide groups is 2. The summed E-state index contributed by atoms with van der Waals surface area (Å²) >= 11 is 14.2. The van der Waals surface area contributed by atoms with Gasteiger partial charge >= 0.3 is 0 Å². The number of ether oxygens (including phenoxy) is 1. The van der Waals surface area contributed by atoms with E-state index in [2.05, 4.69) is 0 Å². The molecule has 6 unspecified atom stereocenters. The zero-order valence-electron chi connectivity index (χ0n) is 26.2. The van der Waals surface area contributed by atoms with E-state index in [9.17, 15) is 42.6 Å².